The third-order valence-electron chi connectivity index (χ3n) is 4.20. The lowest BCUT2D eigenvalue weighted by Gasteiger charge is -2.28. The molecular formula is C16H21N3O2. The smallest absolute Gasteiger partial charge is 0.162 e. The van der Waals surface area contributed by atoms with Gasteiger partial charge in [-0.1, -0.05) is 12.1 Å². The Kier molecular flexibility index (Phi) is 3.59. The van der Waals surface area contributed by atoms with Crippen molar-refractivity contribution >= 4 is 5.69 Å². The molecule has 1 aromatic heterocycles. The molecule has 0 fully saturated rings. The average Bonchev–Trinajstić information content (AvgIpc) is 2.87. The minimum atomic E-state index is -0.731. The molecule has 1 aliphatic heterocycles. The zero-order chi connectivity index (χ0) is 15.0. The number of benzene rings is 1. The number of aliphatic hydroxyl groups is 1. The molecule has 0 aliphatic carbocycles. The highest BCUT2D eigenvalue weighted by Crippen LogP contribution is 2.33. The number of methoxy groups -OCH3 is 1. The predicted octanol–water partition coefficient (Wildman–Crippen LogP) is 1.89. The predicted molar refractivity (Wildman–Crippen MR) is 81.9 cm³/mol. The number of aromatic nitrogens is 2. The summed E-state index contributed by atoms with van der Waals surface area (Å²) in [4.78, 5) is 2.26. The molecule has 1 aromatic carbocycles. The molecule has 1 atom stereocenters. The monoisotopic (exact) mass is 287 g/mol. The summed E-state index contributed by atoms with van der Waals surface area (Å²) >= 11 is 0. The molecule has 0 saturated heterocycles. The normalized spacial score (nSPS) is 15.7. The molecule has 5 nitrogen and oxygen atoms in total. The summed E-state index contributed by atoms with van der Waals surface area (Å²) < 4.78 is 6.95. The van der Waals surface area contributed by atoms with Crippen LogP contribution < -0.4 is 9.64 Å². The molecule has 21 heavy (non-hydrogen) atoms. The van der Waals surface area contributed by atoms with E-state index in [2.05, 4.69) is 29.2 Å². The first-order valence-electron chi connectivity index (χ1n) is 7.19. The van der Waals surface area contributed by atoms with Crippen LogP contribution in [0.15, 0.2) is 24.4 Å². The van der Waals surface area contributed by atoms with Crippen LogP contribution in [0, 0.1) is 0 Å². The van der Waals surface area contributed by atoms with Crippen molar-refractivity contribution in [1.82, 2.24) is 9.78 Å². The van der Waals surface area contributed by atoms with Gasteiger partial charge in [0, 0.05) is 26.3 Å². The Bertz CT molecular complexity index is 651. The van der Waals surface area contributed by atoms with Gasteiger partial charge < -0.3 is 14.7 Å². The van der Waals surface area contributed by atoms with E-state index >= 15 is 0 Å². The van der Waals surface area contributed by atoms with Gasteiger partial charge in [0.05, 0.1) is 13.3 Å². The second-order valence-corrected chi connectivity index (χ2v) is 5.54. The Morgan fingerprint density at radius 2 is 2.14 bits per heavy atom. The SMILES string of the molecule is COc1cnn(C)c1C(O)c1ccc2c(c1)CCCN2C. The molecule has 112 valence electrons. The van der Waals surface area contributed by atoms with Gasteiger partial charge in [0.2, 0.25) is 0 Å². The molecular weight excluding hydrogens is 266 g/mol. The van der Waals surface area contributed by atoms with Gasteiger partial charge in [-0.2, -0.15) is 5.10 Å². The fraction of sp³-hybridized carbons (Fsp3) is 0.438. The Balaban J connectivity index is 1.98. The van der Waals surface area contributed by atoms with E-state index in [0.29, 0.717) is 11.4 Å². The molecule has 3 rings (SSSR count). The van der Waals surface area contributed by atoms with Gasteiger partial charge >= 0.3 is 0 Å². The highest BCUT2D eigenvalue weighted by Gasteiger charge is 2.22. The van der Waals surface area contributed by atoms with Crippen molar-refractivity contribution in [3.05, 3.63) is 41.2 Å². The number of rotatable bonds is 3. The van der Waals surface area contributed by atoms with Crippen molar-refractivity contribution in [2.24, 2.45) is 7.05 Å². The Labute approximate surface area is 124 Å². The summed E-state index contributed by atoms with van der Waals surface area (Å²) in [5.41, 5.74) is 4.11. The van der Waals surface area contributed by atoms with E-state index in [0.717, 1.165) is 24.9 Å². The summed E-state index contributed by atoms with van der Waals surface area (Å²) in [6.45, 7) is 1.09. The summed E-state index contributed by atoms with van der Waals surface area (Å²) in [5.74, 6) is 0.611. The maximum Gasteiger partial charge on any atom is 0.162 e. The van der Waals surface area contributed by atoms with Crippen LogP contribution in [0.1, 0.15) is 29.3 Å². The molecule has 2 heterocycles. The molecule has 0 spiro atoms. The second kappa shape index (κ2) is 5.41. The van der Waals surface area contributed by atoms with Gasteiger partial charge in [0.25, 0.3) is 0 Å². The number of hydrogen-bond acceptors (Lipinski definition) is 4. The summed E-state index contributed by atoms with van der Waals surface area (Å²) in [6.07, 6.45) is 3.11. The molecule has 0 bridgehead atoms. The van der Waals surface area contributed by atoms with E-state index in [1.807, 2.05) is 13.1 Å². The van der Waals surface area contributed by atoms with E-state index in [1.165, 1.54) is 11.3 Å². The first kappa shape index (κ1) is 13.9. The van der Waals surface area contributed by atoms with Crippen molar-refractivity contribution in [1.29, 1.82) is 0 Å². The van der Waals surface area contributed by atoms with Crippen LogP contribution in [0.5, 0.6) is 5.75 Å². The van der Waals surface area contributed by atoms with Crippen LogP contribution in [0.25, 0.3) is 0 Å². The minimum absolute atomic E-state index is 0.611. The van der Waals surface area contributed by atoms with Gasteiger partial charge in [0.1, 0.15) is 11.8 Å². The van der Waals surface area contributed by atoms with Gasteiger partial charge in [0.15, 0.2) is 5.75 Å². The van der Waals surface area contributed by atoms with Gasteiger partial charge in [-0.25, -0.2) is 0 Å². The highest BCUT2D eigenvalue weighted by atomic mass is 16.5. The van der Waals surface area contributed by atoms with Gasteiger partial charge in [-0.15, -0.1) is 0 Å². The van der Waals surface area contributed by atoms with Crippen molar-refractivity contribution in [3.63, 3.8) is 0 Å². The van der Waals surface area contributed by atoms with Crippen molar-refractivity contribution in [2.45, 2.75) is 18.9 Å². The molecule has 5 heteroatoms. The van der Waals surface area contributed by atoms with Crippen LogP contribution in [0.3, 0.4) is 0 Å². The fourth-order valence-electron chi connectivity index (χ4n) is 3.03. The molecule has 1 N–H and O–H groups in total. The molecule has 1 aliphatic rings. The van der Waals surface area contributed by atoms with Crippen molar-refractivity contribution < 1.29 is 9.84 Å². The number of ether oxygens (including phenoxy) is 1. The minimum Gasteiger partial charge on any atom is -0.493 e. The maximum atomic E-state index is 10.7. The van der Waals surface area contributed by atoms with Crippen molar-refractivity contribution in [2.75, 3.05) is 25.6 Å². The van der Waals surface area contributed by atoms with Gasteiger partial charge in [-0.3, -0.25) is 4.68 Å². The van der Waals surface area contributed by atoms with Crippen LogP contribution in [0.4, 0.5) is 5.69 Å². The van der Waals surface area contributed by atoms with E-state index in [1.54, 1.807) is 18.0 Å². The zero-order valence-corrected chi connectivity index (χ0v) is 12.7. The molecule has 0 saturated carbocycles. The topological polar surface area (TPSA) is 50.5 Å². The lowest BCUT2D eigenvalue weighted by Crippen LogP contribution is -2.24. The summed E-state index contributed by atoms with van der Waals surface area (Å²) in [6, 6.07) is 6.18. The average molecular weight is 287 g/mol. The first-order chi connectivity index (χ1) is 10.1. The molecule has 0 amide bonds. The zero-order valence-electron chi connectivity index (χ0n) is 12.7. The number of anilines is 1. The standard InChI is InChI=1S/C16H21N3O2/c1-18-8-4-5-11-9-12(6-7-13(11)18)16(20)15-14(21-3)10-17-19(15)2/h6-7,9-10,16,20H,4-5,8H2,1-3H3. The van der Waals surface area contributed by atoms with E-state index in [-0.39, 0.29) is 0 Å². The Hall–Kier alpha value is -2.01. The highest BCUT2D eigenvalue weighted by molar-refractivity contribution is 5.57. The number of nitrogens with zero attached hydrogens (tertiary/aromatic N) is 3. The van der Waals surface area contributed by atoms with E-state index in [9.17, 15) is 5.11 Å². The van der Waals surface area contributed by atoms with Crippen molar-refractivity contribution in [3.8, 4) is 5.75 Å². The third-order valence-corrected chi connectivity index (χ3v) is 4.20. The third kappa shape index (κ3) is 2.38. The Morgan fingerprint density at radius 3 is 2.90 bits per heavy atom. The second-order valence-electron chi connectivity index (χ2n) is 5.54. The van der Waals surface area contributed by atoms with E-state index < -0.39 is 6.10 Å². The lowest BCUT2D eigenvalue weighted by molar-refractivity contribution is 0.204. The maximum absolute atomic E-state index is 10.7. The Morgan fingerprint density at radius 1 is 1.33 bits per heavy atom. The van der Waals surface area contributed by atoms with Crippen LogP contribution in [-0.2, 0) is 13.5 Å². The fourth-order valence-corrected chi connectivity index (χ4v) is 3.03. The van der Waals surface area contributed by atoms with E-state index in [4.69, 9.17) is 4.74 Å². The quantitative estimate of drug-likeness (QED) is 0.936. The number of fused-ring (bicyclic) bond motifs is 1. The molecule has 0 radical (unpaired) electrons. The summed E-state index contributed by atoms with van der Waals surface area (Å²) in [5, 5.41) is 14.8. The van der Waals surface area contributed by atoms with Crippen LogP contribution in [-0.4, -0.2) is 35.6 Å². The molecule has 1 unspecified atom stereocenters. The summed E-state index contributed by atoms with van der Waals surface area (Å²) in [7, 11) is 5.51. The van der Waals surface area contributed by atoms with Crippen LogP contribution in [0.2, 0.25) is 0 Å². The lowest BCUT2D eigenvalue weighted by atomic mass is 9.96. The molecule has 2 aromatic rings. The number of hydrogen-bond donors (Lipinski definition) is 1. The number of aliphatic hydroxyl groups excluding tert-OH is 1. The largest absolute Gasteiger partial charge is 0.493 e. The van der Waals surface area contributed by atoms with Gasteiger partial charge in [-0.05, 0) is 30.0 Å². The number of aryl methyl sites for hydroxylation is 2. The van der Waals surface area contributed by atoms with Crippen LogP contribution >= 0.6 is 0 Å². The first-order valence-corrected chi connectivity index (χ1v) is 7.19.